The summed E-state index contributed by atoms with van der Waals surface area (Å²) < 4.78 is 5.82. The van der Waals surface area contributed by atoms with Crippen molar-refractivity contribution in [1.29, 1.82) is 0 Å². The predicted molar refractivity (Wildman–Crippen MR) is 109 cm³/mol. The van der Waals surface area contributed by atoms with Crippen LogP contribution in [0.5, 0.6) is 5.75 Å². The van der Waals surface area contributed by atoms with E-state index < -0.39 is 0 Å². The van der Waals surface area contributed by atoms with Crippen LogP contribution in [0.3, 0.4) is 0 Å². The highest BCUT2D eigenvalue weighted by Crippen LogP contribution is 2.26. The number of ether oxygens (including phenoxy) is 1. The molecule has 0 atom stereocenters. The first-order valence-corrected chi connectivity index (χ1v) is 9.66. The summed E-state index contributed by atoms with van der Waals surface area (Å²) in [6.45, 7) is 4.73. The molecule has 2 aromatic rings. The van der Waals surface area contributed by atoms with Crippen molar-refractivity contribution in [3.8, 4) is 5.75 Å². The molecule has 1 saturated heterocycles. The van der Waals surface area contributed by atoms with Gasteiger partial charge in [0.2, 0.25) is 0 Å². The third-order valence-electron chi connectivity index (χ3n) is 4.62. The fraction of sp³-hybridized carbons (Fsp3) is 0.350. The van der Waals surface area contributed by atoms with Gasteiger partial charge in [-0.3, -0.25) is 0 Å². The third-order valence-corrected chi connectivity index (χ3v) is 5.82. The van der Waals surface area contributed by atoms with E-state index in [-0.39, 0.29) is 0 Å². The first kappa shape index (κ1) is 18.5. The van der Waals surface area contributed by atoms with Gasteiger partial charge in [-0.15, -0.1) is 0 Å². The van der Waals surface area contributed by atoms with Crippen LogP contribution in [-0.4, -0.2) is 23.0 Å². The van der Waals surface area contributed by atoms with Crippen molar-refractivity contribution >= 4 is 40.4 Å². The maximum atomic E-state index is 6.17. The minimum absolute atomic E-state index is 0.340. The number of nitrogens with zero attached hydrogens (tertiary/aromatic N) is 1. The van der Waals surface area contributed by atoms with E-state index in [4.69, 9.17) is 40.2 Å². The molecule has 1 aliphatic heterocycles. The lowest BCUT2D eigenvalue weighted by Crippen LogP contribution is -2.37. The average Bonchev–Trinajstić information content (AvgIpc) is 2.62. The quantitative estimate of drug-likeness (QED) is 0.592. The summed E-state index contributed by atoms with van der Waals surface area (Å²) in [5, 5.41) is 1.23. The number of benzene rings is 2. The molecule has 25 heavy (non-hydrogen) atoms. The molecular formula is C20H21Cl2NOS. The molecule has 0 spiro atoms. The van der Waals surface area contributed by atoms with Crippen molar-refractivity contribution in [2.45, 2.75) is 26.4 Å². The SMILES string of the molecule is CC1CCN(C(=S)c2ccc(OCc3c(Cl)cccc3Cl)cc2)CC1. The van der Waals surface area contributed by atoms with Gasteiger partial charge in [-0.25, -0.2) is 0 Å². The molecule has 2 aromatic carbocycles. The summed E-state index contributed by atoms with van der Waals surface area (Å²) >= 11 is 18.0. The Bertz CT molecular complexity index is 720. The maximum Gasteiger partial charge on any atom is 0.119 e. The van der Waals surface area contributed by atoms with Crippen molar-refractivity contribution in [2.75, 3.05) is 13.1 Å². The Balaban J connectivity index is 1.61. The Kier molecular flexibility index (Phi) is 6.21. The van der Waals surface area contributed by atoms with Gasteiger partial charge in [0.15, 0.2) is 0 Å². The molecule has 3 rings (SSSR count). The van der Waals surface area contributed by atoms with E-state index in [1.807, 2.05) is 42.5 Å². The van der Waals surface area contributed by atoms with Crippen molar-refractivity contribution in [1.82, 2.24) is 4.90 Å². The average molecular weight is 394 g/mol. The van der Waals surface area contributed by atoms with Gasteiger partial charge in [0, 0.05) is 34.3 Å². The van der Waals surface area contributed by atoms with Crippen LogP contribution < -0.4 is 4.74 Å². The number of hydrogen-bond acceptors (Lipinski definition) is 2. The smallest absolute Gasteiger partial charge is 0.119 e. The van der Waals surface area contributed by atoms with Crippen molar-refractivity contribution in [2.24, 2.45) is 5.92 Å². The predicted octanol–water partition coefficient (Wildman–Crippen LogP) is 5.98. The highest BCUT2D eigenvalue weighted by Gasteiger charge is 2.18. The number of halogens is 2. The highest BCUT2D eigenvalue weighted by molar-refractivity contribution is 7.80. The second-order valence-electron chi connectivity index (χ2n) is 6.49. The summed E-state index contributed by atoms with van der Waals surface area (Å²) in [5.41, 5.74) is 1.86. The molecule has 1 fully saturated rings. The number of thiocarbonyl (C=S) groups is 1. The van der Waals surface area contributed by atoms with Gasteiger partial charge in [0.25, 0.3) is 0 Å². The van der Waals surface area contributed by atoms with Gasteiger partial charge < -0.3 is 9.64 Å². The third kappa shape index (κ3) is 4.66. The first-order chi connectivity index (χ1) is 12.0. The van der Waals surface area contributed by atoms with Gasteiger partial charge in [0.05, 0.1) is 0 Å². The van der Waals surface area contributed by atoms with Crippen molar-refractivity contribution in [3.63, 3.8) is 0 Å². The normalized spacial score (nSPS) is 15.2. The number of likely N-dealkylation sites (tertiary alicyclic amines) is 1. The van der Waals surface area contributed by atoms with Crippen molar-refractivity contribution < 1.29 is 4.74 Å². The molecule has 132 valence electrons. The molecule has 0 amide bonds. The summed E-state index contributed by atoms with van der Waals surface area (Å²) in [5.74, 6) is 1.57. The zero-order valence-electron chi connectivity index (χ0n) is 14.2. The van der Waals surface area contributed by atoms with Crippen LogP contribution in [0.1, 0.15) is 30.9 Å². The van der Waals surface area contributed by atoms with Gasteiger partial charge in [-0.1, -0.05) is 48.4 Å². The molecule has 0 saturated carbocycles. The molecule has 0 radical (unpaired) electrons. The van der Waals surface area contributed by atoms with Crippen LogP contribution in [0.4, 0.5) is 0 Å². The van der Waals surface area contributed by atoms with Gasteiger partial charge in [-0.2, -0.15) is 0 Å². The summed E-state index contributed by atoms with van der Waals surface area (Å²) in [6.07, 6.45) is 2.42. The van der Waals surface area contributed by atoms with Gasteiger partial charge >= 0.3 is 0 Å². The molecule has 1 aliphatic rings. The van der Waals surface area contributed by atoms with E-state index in [2.05, 4.69) is 11.8 Å². The fourth-order valence-electron chi connectivity index (χ4n) is 2.91. The minimum Gasteiger partial charge on any atom is -0.489 e. The standard InChI is InChI=1S/C20H21Cl2NOS/c1-14-9-11-23(12-10-14)20(25)15-5-7-16(8-6-15)24-13-17-18(21)3-2-4-19(17)22/h2-8,14H,9-13H2,1H3. The molecule has 5 heteroatoms. The highest BCUT2D eigenvalue weighted by atomic mass is 35.5. The van der Waals surface area contributed by atoms with E-state index in [9.17, 15) is 0 Å². The zero-order valence-corrected chi connectivity index (χ0v) is 16.5. The monoisotopic (exact) mass is 393 g/mol. The molecule has 0 aromatic heterocycles. The van der Waals surface area contributed by atoms with Crippen LogP contribution in [0, 0.1) is 5.92 Å². The Morgan fingerprint density at radius 2 is 1.68 bits per heavy atom. The summed E-state index contributed by atoms with van der Waals surface area (Å²) in [4.78, 5) is 3.22. The van der Waals surface area contributed by atoms with Crippen LogP contribution in [0.15, 0.2) is 42.5 Å². The number of piperidine rings is 1. The molecule has 0 bridgehead atoms. The topological polar surface area (TPSA) is 12.5 Å². The van der Waals surface area contributed by atoms with E-state index in [1.54, 1.807) is 0 Å². The Labute approximate surface area is 164 Å². The molecule has 0 N–H and O–H groups in total. The number of rotatable bonds is 4. The van der Waals surface area contributed by atoms with Crippen LogP contribution in [-0.2, 0) is 6.61 Å². The Morgan fingerprint density at radius 3 is 2.28 bits per heavy atom. The first-order valence-electron chi connectivity index (χ1n) is 8.49. The van der Waals surface area contributed by atoms with Crippen LogP contribution in [0.25, 0.3) is 0 Å². The Hall–Kier alpha value is -1.29. The van der Waals surface area contributed by atoms with Gasteiger partial charge in [-0.05, 0) is 55.2 Å². The minimum atomic E-state index is 0.340. The molecule has 0 unspecified atom stereocenters. The van der Waals surface area contributed by atoms with Crippen molar-refractivity contribution in [3.05, 3.63) is 63.6 Å². The van der Waals surface area contributed by atoms with E-state index in [1.165, 1.54) is 12.8 Å². The molecule has 1 heterocycles. The lowest BCUT2D eigenvalue weighted by atomic mass is 9.99. The largest absolute Gasteiger partial charge is 0.489 e. The molecule has 2 nitrogen and oxygen atoms in total. The summed E-state index contributed by atoms with van der Waals surface area (Å²) in [6, 6.07) is 13.4. The van der Waals surface area contributed by atoms with E-state index in [0.29, 0.717) is 16.7 Å². The maximum absolute atomic E-state index is 6.17. The van der Waals surface area contributed by atoms with Gasteiger partial charge in [0.1, 0.15) is 17.3 Å². The van der Waals surface area contributed by atoms with E-state index >= 15 is 0 Å². The zero-order chi connectivity index (χ0) is 17.8. The van der Waals surface area contributed by atoms with E-state index in [0.717, 1.165) is 40.9 Å². The molecular weight excluding hydrogens is 373 g/mol. The van der Waals surface area contributed by atoms with Crippen LogP contribution >= 0.6 is 35.4 Å². The summed E-state index contributed by atoms with van der Waals surface area (Å²) in [7, 11) is 0. The van der Waals surface area contributed by atoms with Crippen LogP contribution in [0.2, 0.25) is 10.0 Å². The Morgan fingerprint density at radius 1 is 1.08 bits per heavy atom. The lowest BCUT2D eigenvalue weighted by molar-refractivity contribution is 0.284. The number of hydrogen-bond donors (Lipinski definition) is 0. The molecule has 0 aliphatic carbocycles. The second kappa shape index (κ2) is 8.39. The second-order valence-corrected chi connectivity index (χ2v) is 7.69. The lowest BCUT2D eigenvalue weighted by Gasteiger charge is -2.32. The fourth-order valence-corrected chi connectivity index (χ4v) is 3.74.